The molecule has 0 radical (unpaired) electrons. The molecule has 0 spiro atoms. The van der Waals surface area contributed by atoms with E-state index < -0.39 is 19.9 Å². The summed E-state index contributed by atoms with van der Waals surface area (Å²) in [5.41, 5.74) is 0.864. The van der Waals surface area contributed by atoms with Crippen LogP contribution in [0.3, 0.4) is 0 Å². The normalized spacial score (nSPS) is 12.4. The van der Waals surface area contributed by atoms with Crippen LogP contribution in [0.4, 0.5) is 5.69 Å². The summed E-state index contributed by atoms with van der Waals surface area (Å²) in [6.07, 6.45) is 2.01. The predicted octanol–water partition coefficient (Wildman–Crippen LogP) is 0.770. The second-order valence-electron chi connectivity index (χ2n) is 3.65. The molecule has 0 atom stereocenters. The molecule has 0 aromatic heterocycles. The van der Waals surface area contributed by atoms with Gasteiger partial charge < -0.3 is 0 Å². The van der Waals surface area contributed by atoms with Gasteiger partial charge in [0.15, 0.2) is 9.84 Å². The lowest BCUT2D eigenvalue weighted by atomic mass is 10.2. The smallest absolute Gasteiger partial charge is 0.229 e. The molecule has 1 N–H and O–H groups in total. The van der Waals surface area contributed by atoms with E-state index in [9.17, 15) is 16.8 Å². The van der Waals surface area contributed by atoms with Gasteiger partial charge in [0.1, 0.15) is 0 Å². The Hall–Kier alpha value is -1.08. The number of anilines is 1. The van der Waals surface area contributed by atoms with Crippen molar-refractivity contribution < 1.29 is 16.8 Å². The fourth-order valence-corrected chi connectivity index (χ4v) is 2.70. The summed E-state index contributed by atoms with van der Waals surface area (Å²) in [4.78, 5) is -0.0245. The Balaban J connectivity index is 3.42. The zero-order valence-electron chi connectivity index (χ0n) is 9.18. The lowest BCUT2D eigenvalue weighted by Gasteiger charge is -2.09. The van der Waals surface area contributed by atoms with Crippen LogP contribution in [0, 0.1) is 6.92 Å². The number of hydrogen-bond donors (Lipinski definition) is 1. The molecule has 0 saturated carbocycles. The third kappa shape index (κ3) is 3.49. The maximum atomic E-state index is 11.4. The van der Waals surface area contributed by atoms with Crippen LogP contribution in [0.2, 0.25) is 0 Å². The second kappa shape index (κ2) is 4.06. The van der Waals surface area contributed by atoms with E-state index in [1.807, 2.05) is 0 Å². The summed E-state index contributed by atoms with van der Waals surface area (Å²) in [6.45, 7) is 1.75. The molecule has 0 aliphatic carbocycles. The van der Waals surface area contributed by atoms with Crippen molar-refractivity contribution >= 4 is 25.5 Å². The van der Waals surface area contributed by atoms with E-state index in [1.54, 1.807) is 13.0 Å². The van der Waals surface area contributed by atoms with E-state index in [0.29, 0.717) is 0 Å². The van der Waals surface area contributed by atoms with Crippen LogP contribution in [-0.2, 0) is 19.9 Å². The summed E-state index contributed by atoms with van der Waals surface area (Å²) in [7, 11) is -6.94. The van der Waals surface area contributed by atoms with Crippen LogP contribution in [0.1, 0.15) is 5.56 Å². The number of rotatable bonds is 3. The van der Waals surface area contributed by atoms with Gasteiger partial charge in [-0.15, -0.1) is 0 Å². The summed E-state index contributed by atoms with van der Waals surface area (Å²) < 4.78 is 47.2. The van der Waals surface area contributed by atoms with Gasteiger partial charge in [-0.05, 0) is 24.6 Å². The lowest BCUT2D eigenvalue weighted by molar-refractivity contribution is 0.602. The van der Waals surface area contributed by atoms with Crippen molar-refractivity contribution in [2.75, 3.05) is 17.2 Å². The van der Waals surface area contributed by atoms with Gasteiger partial charge in [0, 0.05) is 6.26 Å². The van der Waals surface area contributed by atoms with Gasteiger partial charge in [-0.3, -0.25) is 4.72 Å². The van der Waals surface area contributed by atoms with E-state index in [2.05, 4.69) is 4.72 Å². The molecule has 1 aromatic rings. The first kappa shape index (κ1) is 13.0. The van der Waals surface area contributed by atoms with E-state index in [1.165, 1.54) is 12.1 Å². The molecule has 0 aliphatic heterocycles. The standard InChI is InChI=1S/C9H13NO4S2/c1-7-4-5-9(15(2,11)12)8(6-7)10-16(3,13)14/h4-6,10H,1-3H3. The molecule has 0 heterocycles. The van der Waals surface area contributed by atoms with Crippen molar-refractivity contribution in [1.29, 1.82) is 0 Å². The van der Waals surface area contributed by atoms with Crippen LogP contribution in [0.5, 0.6) is 0 Å². The Bertz CT molecular complexity index is 602. The summed E-state index contributed by atoms with van der Waals surface area (Å²) in [6, 6.07) is 4.49. The van der Waals surface area contributed by atoms with Crippen LogP contribution in [0.25, 0.3) is 0 Å². The minimum Gasteiger partial charge on any atom is -0.282 e. The molecule has 0 amide bonds. The zero-order chi connectivity index (χ0) is 12.6. The summed E-state index contributed by atoms with van der Waals surface area (Å²) in [5.74, 6) is 0. The molecular formula is C9H13NO4S2. The average molecular weight is 263 g/mol. The number of sulfone groups is 1. The molecule has 16 heavy (non-hydrogen) atoms. The Morgan fingerprint density at radius 1 is 1.06 bits per heavy atom. The molecule has 1 aromatic carbocycles. The Morgan fingerprint density at radius 2 is 1.62 bits per heavy atom. The van der Waals surface area contributed by atoms with Gasteiger partial charge in [-0.2, -0.15) is 0 Å². The van der Waals surface area contributed by atoms with E-state index in [-0.39, 0.29) is 10.6 Å². The first-order valence-electron chi connectivity index (χ1n) is 4.38. The van der Waals surface area contributed by atoms with Crippen molar-refractivity contribution in [2.24, 2.45) is 0 Å². The number of nitrogens with one attached hydrogen (secondary N) is 1. The van der Waals surface area contributed by atoms with Gasteiger partial charge in [0.05, 0.1) is 16.8 Å². The topological polar surface area (TPSA) is 80.3 Å². The summed E-state index contributed by atoms with van der Waals surface area (Å²) >= 11 is 0. The monoisotopic (exact) mass is 263 g/mol. The van der Waals surface area contributed by atoms with Gasteiger partial charge >= 0.3 is 0 Å². The minimum atomic E-state index is -3.49. The number of benzene rings is 1. The van der Waals surface area contributed by atoms with Crippen molar-refractivity contribution in [1.82, 2.24) is 0 Å². The van der Waals surface area contributed by atoms with Crippen LogP contribution < -0.4 is 4.72 Å². The molecule has 0 unspecified atom stereocenters. The van der Waals surface area contributed by atoms with Gasteiger partial charge in [-0.25, -0.2) is 16.8 Å². The highest BCUT2D eigenvalue weighted by atomic mass is 32.2. The highest BCUT2D eigenvalue weighted by Gasteiger charge is 2.15. The summed E-state index contributed by atoms with van der Waals surface area (Å²) in [5, 5.41) is 0. The second-order valence-corrected chi connectivity index (χ2v) is 7.38. The highest BCUT2D eigenvalue weighted by Crippen LogP contribution is 2.23. The fourth-order valence-electron chi connectivity index (χ4n) is 1.25. The minimum absolute atomic E-state index is 0.0245. The maximum absolute atomic E-state index is 11.4. The zero-order valence-corrected chi connectivity index (χ0v) is 10.8. The Kier molecular flexibility index (Phi) is 3.30. The fraction of sp³-hybridized carbons (Fsp3) is 0.333. The van der Waals surface area contributed by atoms with Gasteiger partial charge in [0.2, 0.25) is 10.0 Å². The molecule has 1 rings (SSSR count). The third-order valence-electron chi connectivity index (χ3n) is 1.83. The average Bonchev–Trinajstić information content (AvgIpc) is 1.97. The van der Waals surface area contributed by atoms with Gasteiger partial charge in [0.25, 0.3) is 0 Å². The van der Waals surface area contributed by atoms with E-state index in [0.717, 1.165) is 18.1 Å². The maximum Gasteiger partial charge on any atom is 0.229 e. The van der Waals surface area contributed by atoms with Crippen LogP contribution in [0.15, 0.2) is 23.1 Å². The molecule has 0 aliphatic rings. The van der Waals surface area contributed by atoms with Crippen molar-refractivity contribution in [3.8, 4) is 0 Å². The first-order chi connectivity index (χ1) is 7.09. The number of aryl methyl sites for hydroxylation is 1. The quantitative estimate of drug-likeness (QED) is 0.873. The predicted molar refractivity (Wildman–Crippen MR) is 62.8 cm³/mol. The molecule has 0 bridgehead atoms. The third-order valence-corrected chi connectivity index (χ3v) is 3.58. The van der Waals surface area contributed by atoms with Crippen molar-refractivity contribution in [2.45, 2.75) is 11.8 Å². The first-order valence-corrected chi connectivity index (χ1v) is 8.16. The van der Waals surface area contributed by atoms with Crippen LogP contribution in [-0.4, -0.2) is 29.3 Å². The molecule has 90 valence electrons. The SMILES string of the molecule is Cc1ccc(S(C)(=O)=O)c(NS(C)(=O)=O)c1. The van der Waals surface area contributed by atoms with Crippen LogP contribution >= 0.6 is 0 Å². The molecular weight excluding hydrogens is 250 g/mol. The molecule has 5 nitrogen and oxygen atoms in total. The Morgan fingerprint density at radius 3 is 2.06 bits per heavy atom. The van der Waals surface area contributed by atoms with E-state index >= 15 is 0 Å². The highest BCUT2D eigenvalue weighted by molar-refractivity contribution is 7.92. The Labute approximate surface area is 95.5 Å². The molecule has 0 saturated heterocycles. The number of hydrogen-bond acceptors (Lipinski definition) is 4. The van der Waals surface area contributed by atoms with Gasteiger partial charge in [-0.1, -0.05) is 6.07 Å². The van der Waals surface area contributed by atoms with Crippen molar-refractivity contribution in [3.05, 3.63) is 23.8 Å². The van der Waals surface area contributed by atoms with E-state index in [4.69, 9.17) is 0 Å². The largest absolute Gasteiger partial charge is 0.282 e. The molecule has 0 fully saturated rings. The molecule has 7 heteroatoms. The van der Waals surface area contributed by atoms with Crippen molar-refractivity contribution in [3.63, 3.8) is 0 Å². The number of sulfonamides is 1. The lowest BCUT2D eigenvalue weighted by Crippen LogP contribution is -2.13.